The smallest absolute Gasteiger partial charge is 0.339 e. The van der Waals surface area contributed by atoms with Gasteiger partial charge in [-0.1, -0.05) is 12.1 Å². The molecule has 0 radical (unpaired) electrons. The average molecular weight is 443 g/mol. The van der Waals surface area contributed by atoms with E-state index in [-0.39, 0.29) is 5.82 Å². The van der Waals surface area contributed by atoms with E-state index in [1.807, 2.05) is 22.6 Å². The van der Waals surface area contributed by atoms with Gasteiger partial charge >= 0.3 is 11.7 Å². The van der Waals surface area contributed by atoms with E-state index in [2.05, 4.69) is 5.32 Å². The SMILES string of the molecule is Cn1c(NC(=O)COC(=O)c2ccccc2I)cc(=O)n(C)c1=O. The Bertz CT molecular complexity index is 916. The monoisotopic (exact) mass is 443 g/mol. The average Bonchev–Trinajstić information content (AvgIpc) is 2.56. The van der Waals surface area contributed by atoms with E-state index in [1.54, 1.807) is 24.3 Å². The maximum atomic E-state index is 11.9. The van der Waals surface area contributed by atoms with E-state index in [0.29, 0.717) is 9.13 Å². The Morgan fingerprint density at radius 2 is 1.83 bits per heavy atom. The number of hydrogen-bond donors (Lipinski definition) is 1. The van der Waals surface area contributed by atoms with Gasteiger partial charge in [0.2, 0.25) is 0 Å². The minimum atomic E-state index is -0.655. The van der Waals surface area contributed by atoms with E-state index in [9.17, 15) is 19.2 Å². The molecule has 0 aliphatic heterocycles. The lowest BCUT2D eigenvalue weighted by atomic mass is 10.2. The highest BCUT2D eigenvalue weighted by molar-refractivity contribution is 14.1. The summed E-state index contributed by atoms with van der Waals surface area (Å²) in [6.07, 6.45) is 0. The van der Waals surface area contributed by atoms with Crippen molar-refractivity contribution in [2.45, 2.75) is 0 Å². The number of rotatable bonds is 4. The lowest BCUT2D eigenvalue weighted by Crippen LogP contribution is -2.38. The Morgan fingerprint density at radius 3 is 2.50 bits per heavy atom. The number of nitrogens with one attached hydrogen (secondary N) is 1. The van der Waals surface area contributed by atoms with Crippen LogP contribution in [0.1, 0.15) is 10.4 Å². The first-order chi connectivity index (χ1) is 11.3. The zero-order chi connectivity index (χ0) is 17.9. The molecule has 8 nitrogen and oxygen atoms in total. The topological polar surface area (TPSA) is 99.4 Å². The minimum Gasteiger partial charge on any atom is -0.452 e. The first-order valence-electron chi connectivity index (χ1n) is 6.80. The van der Waals surface area contributed by atoms with Crippen molar-refractivity contribution in [3.8, 4) is 0 Å². The number of nitrogens with zero attached hydrogens (tertiary/aromatic N) is 2. The van der Waals surface area contributed by atoms with Gasteiger partial charge in [-0.05, 0) is 34.7 Å². The summed E-state index contributed by atoms with van der Waals surface area (Å²) in [6, 6.07) is 7.91. The number of carbonyl (C=O) groups is 2. The van der Waals surface area contributed by atoms with Gasteiger partial charge in [-0.15, -0.1) is 0 Å². The Morgan fingerprint density at radius 1 is 1.17 bits per heavy atom. The molecule has 0 spiro atoms. The van der Waals surface area contributed by atoms with Crippen LogP contribution in [0.4, 0.5) is 5.82 Å². The van der Waals surface area contributed by atoms with Gasteiger partial charge in [0, 0.05) is 23.7 Å². The number of anilines is 1. The molecule has 1 amide bonds. The van der Waals surface area contributed by atoms with Crippen LogP contribution in [-0.4, -0.2) is 27.6 Å². The van der Waals surface area contributed by atoms with Crippen LogP contribution in [0.2, 0.25) is 0 Å². The molecule has 0 saturated heterocycles. The normalized spacial score (nSPS) is 10.3. The molecule has 0 aliphatic rings. The van der Waals surface area contributed by atoms with Crippen LogP contribution in [0.25, 0.3) is 0 Å². The minimum absolute atomic E-state index is 0.0263. The molecule has 0 unspecified atom stereocenters. The number of esters is 1. The van der Waals surface area contributed by atoms with Crippen molar-refractivity contribution < 1.29 is 14.3 Å². The van der Waals surface area contributed by atoms with E-state index < -0.39 is 29.7 Å². The van der Waals surface area contributed by atoms with Gasteiger partial charge in [0.05, 0.1) is 5.56 Å². The van der Waals surface area contributed by atoms with Crippen molar-refractivity contribution in [3.63, 3.8) is 0 Å². The highest BCUT2D eigenvalue weighted by Crippen LogP contribution is 2.12. The number of halogens is 1. The third-order valence-corrected chi connectivity index (χ3v) is 4.16. The number of ether oxygens (including phenoxy) is 1. The van der Waals surface area contributed by atoms with Gasteiger partial charge in [0.1, 0.15) is 5.82 Å². The molecule has 0 fully saturated rings. The molecular weight excluding hydrogens is 429 g/mol. The molecule has 2 aromatic rings. The Kier molecular flexibility index (Phi) is 5.54. The largest absolute Gasteiger partial charge is 0.452 e. The molecule has 1 N–H and O–H groups in total. The number of carbonyl (C=O) groups excluding carboxylic acids is 2. The highest BCUT2D eigenvalue weighted by atomic mass is 127. The van der Waals surface area contributed by atoms with Gasteiger partial charge in [-0.2, -0.15) is 0 Å². The Hall–Kier alpha value is -2.43. The summed E-state index contributed by atoms with van der Waals surface area (Å²) in [5.74, 6) is -1.26. The highest BCUT2D eigenvalue weighted by Gasteiger charge is 2.14. The summed E-state index contributed by atoms with van der Waals surface area (Å²) in [7, 11) is 2.75. The number of benzene rings is 1. The van der Waals surface area contributed by atoms with Gasteiger partial charge in [0.15, 0.2) is 6.61 Å². The fourth-order valence-corrected chi connectivity index (χ4v) is 2.47. The summed E-state index contributed by atoms with van der Waals surface area (Å²) in [4.78, 5) is 47.2. The third-order valence-electron chi connectivity index (χ3n) is 3.22. The quantitative estimate of drug-likeness (QED) is 0.548. The number of amides is 1. The van der Waals surface area contributed by atoms with Crippen LogP contribution in [0.15, 0.2) is 39.9 Å². The van der Waals surface area contributed by atoms with Crippen molar-refractivity contribution in [2.24, 2.45) is 14.1 Å². The van der Waals surface area contributed by atoms with Crippen molar-refractivity contribution in [2.75, 3.05) is 11.9 Å². The summed E-state index contributed by atoms with van der Waals surface area (Å²) in [6.45, 7) is -0.535. The van der Waals surface area contributed by atoms with E-state index in [1.165, 1.54) is 14.1 Å². The molecule has 1 aromatic carbocycles. The van der Waals surface area contributed by atoms with E-state index >= 15 is 0 Å². The molecule has 0 atom stereocenters. The van der Waals surface area contributed by atoms with Gasteiger partial charge < -0.3 is 10.1 Å². The standard InChI is InChI=1S/C15H14IN3O5/c1-18-11(7-13(21)19(2)15(18)23)17-12(20)8-24-14(22)9-5-3-4-6-10(9)16/h3-7H,8H2,1-2H3,(H,17,20). The molecule has 126 valence electrons. The molecule has 9 heteroatoms. The van der Waals surface area contributed by atoms with Crippen LogP contribution >= 0.6 is 22.6 Å². The fourth-order valence-electron chi connectivity index (χ4n) is 1.87. The second-order valence-corrected chi connectivity index (χ2v) is 6.03. The molecule has 1 heterocycles. The second-order valence-electron chi connectivity index (χ2n) is 4.87. The summed E-state index contributed by atoms with van der Waals surface area (Å²) in [5, 5.41) is 2.37. The summed E-state index contributed by atoms with van der Waals surface area (Å²) in [5.41, 5.74) is -0.773. The molecule has 0 aliphatic carbocycles. The predicted molar refractivity (Wildman–Crippen MR) is 95.0 cm³/mol. The Labute approximate surface area is 150 Å². The summed E-state index contributed by atoms with van der Waals surface area (Å²) >= 11 is 1.99. The van der Waals surface area contributed by atoms with Crippen molar-refractivity contribution in [3.05, 3.63) is 60.3 Å². The maximum absolute atomic E-state index is 11.9. The van der Waals surface area contributed by atoms with Crippen LogP contribution in [0, 0.1) is 3.57 Å². The summed E-state index contributed by atoms with van der Waals surface area (Å²) < 4.78 is 7.67. The molecule has 2 rings (SSSR count). The number of aromatic nitrogens is 2. The molecule has 24 heavy (non-hydrogen) atoms. The molecular formula is C15H14IN3O5. The van der Waals surface area contributed by atoms with Gasteiger partial charge in [-0.3, -0.25) is 18.7 Å². The van der Waals surface area contributed by atoms with Crippen LogP contribution in [-0.2, 0) is 23.6 Å². The first-order valence-corrected chi connectivity index (χ1v) is 7.87. The lowest BCUT2D eigenvalue weighted by Gasteiger charge is -2.11. The lowest BCUT2D eigenvalue weighted by molar-refractivity contribution is -0.119. The van der Waals surface area contributed by atoms with Crippen LogP contribution in [0.3, 0.4) is 0 Å². The predicted octanol–water partition coefficient (Wildman–Crippen LogP) is 0.484. The molecule has 0 saturated carbocycles. The van der Waals surface area contributed by atoms with Crippen LogP contribution in [0.5, 0.6) is 0 Å². The van der Waals surface area contributed by atoms with Crippen molar-refractivity contribution in [1.29, 1.82) is 0 Å². The van der Waals surface area contributed by atoms with E-state index in [4.69, 9.17) is 4.74 Å². The maximum Gasteiger partial charge on any atom is 0.339 e. The number of hydrogen-bond acceptors (Lipinski definition) is 5. The van der Waals surface area contributed by atoms with Crippen molar-refractivity contribution >= 4 is 40.3 Å². The second kappa shape index (κ2) is 7.43. The van der Waals surface area contributed by atoms with Gasteiger partial charge in [-0.25, -0.2) is 9.59 Å². The van der Waals surface area contributed by atoms with Crippen molar-refractivity contribution in [1.82, 2.24) is 9.13 Å². The van der Waals surface area contributed by atoms with Gasteiger partial charge in [0.25, 0.3) is 11.5 Å². The fraction of sp³-hybridized carbons (Fsp3) is 0.200. The van der Waals surface area contributed by atoms with E-state index in [0.717, 1.165) is 15.2 Å². The zero-order valence-electron chi connectivity index (χ0n) is 12.9. The molecule has 1 aromatic heterocycles. The van der Waals surface area contributed by atoms with Crippen LogP contribution < -0.4 is 16.6 Å². The molecule has 0 bridgehead atoms. The first kappa shape index (κ1) is 17.9. The third kappa shape index (κ3) is 3.91. The Balaban J connectivity index is 2.05. The zero-order valence-corrected chi connectivity index (χ0v) is 15.1.